The highest BCUT2D eigenvalue weighted by Crippen LogP contribution is 2.19. The van der Waals surface area contributed by atoms with E-state index in [4.69, 9.17) is 10.5 Å². The van der Waals surface area contributed by atoms with Gasteiger partial charge < -0.3 is 10.5 Å². The second-order valence-electron chi connectivity index (χ2n) is 3.62. The zero-order valence-corrected chi connectivity index (χ0v) is 11.0. The highest BCUT2D eigenvalue weighted by Gasteiger charge is 2.16. The average molecular weight is 297 g/mol. The minimum absolute atomic E-state index is 0.274. The number of aromatic nitrogens is 3. The molecule has 1 heterocycles. The molecule has 90 valence electrons. The van der Waals surface area contributed by atoms with E-state index in [0.717, 1.165) is 11.4 Å². The van der Waals surface area contributed by atoms with Crippen molar-refractivity contribution in [3.63, 3.8) is 0 Å². The second-order valence-corrected chi connectivity index (χ2v) is 4.37. The van der Waals surface area contributed by atoms with Gasteiger partial charge in [0.25, 0.3) is 0 Å². The van der Waals surface area contributed by atoms with Crippen molar-refractivity contribution in [2.75, 3.05) is 6.61 Å². The van der Waals surface area contributed by atoms with Gasteiger partial charge in [-0.1, -0.05) is 23.4 Å². The van der Waals surface area contributed by atoms with E-state index >= 15 is 0 Å². The Morgan fingerprint density at radius 3 is 2.71 bits per heavy atom. The molecule has 2 N–H and O–H groups in total. The van der Waals surface area contributed by atoms with Crippen LogP contribution in [0, 0.1) is 0 Å². The van der Waals surface area contributed by atoms with Crippen LogP contribution in [-0.4, -0.2) is 21.6 Å². The van der Waals surface area contributed by atoms with E-state index in [0.29, 0.717) is 11.2 Å². The summed E-state index contributed by atoms with van der Waals surface area (Å²) in [5.74, 6) is 0.800. The number of para-hydroxylation sites is 1. The van der Waals surface area contributed by atoms with Crippen molar-refractivity contribution < 1.29 is 4.74 Å². The Labute approximate surface area is 108 Å². The van der Waals surface area contributed by atoms with Gasteiger partial charge in [0, 0.05) is 7.05 Å². The highest BCUT2D eigenvalue weighted by atomic mass is 79.9. The number of nitrogens with zero attached hydrogens (tertiary/aromatic N) is 3. The van der Waals surface area contributed by atoms with Gasteiger partial charge in [-0.15, -0.1) is 5.10 Å². The lowest BCUT2D eigenvalue weighted by molar-refractivity contribution is 0.285. The van der Waals surface area contributed by atoms with Gasteiger partial charge in [-0.2, -0.15) is 0 Å². The van der Waals surface area contributed by atoms with Crippen molar-refractivity contribution in [2.24, 2.45) is 12.8 Å². The number of hydrogen-bond donors (Lipinski definition) is 1. The number of nitrogens with two attached hydrogens (primary N) is 1. The zero-order chi connectivity index (χ0) is 12.3. The average Bonchev–Trinajstić information content (AvgIpc) is 2.67. The third-order valence-electron chi connectivity index (χ3n) is 2.35. The van der Waals surface area contributed by atoms with Crippen LogP contribution in [0.1, 0.15) is 11.7 Å². The van der Waals surface area contributed by atoms with E-state index in [1.165, 1.54) is 0 Å². The summed E-state index contributed by atoms with van der Waals surface area (Å²) in [6, 6.07) is 9.29. The normalized spacial score (nSPS) is 12.4. The number of ether oxygens (including phenoxy) is 1. The summed E-state index contributed by atoms with van der Waals surface area (Å²) in [4.78, 5) is 0. The summed E-state index contributed by atoms with van der Waals surface area (Å²) >= 11 is 3.31. The molecule has 1 aromatic carbocycles. The molecule has 1 atom stereocenters. The molecule has 0 saturated heterocycles. The monoisotopic (exact) mass is 296 g/mol. The van der Waals surface area contributed by atoms with Crippen molar-refractivity contribution in [3.05, 3.63) is 40.6 Å². The Balaban J connectivity index is 2.01. The number of benzene rings is 1. The molecule has 0 aliphatic carbocycles. The molecule has 5 nitrogen and oxygen atoms in total. The SMILES string of the molecule is Cn1nnc(Br)c1C(N)COc1ccccc1. The smallest absolute Gasteiger partial charge is 0.153 e. The summed E-state index contributed by atoms with van der Waals surface area (Å²) in [6.07, 6.45) is 0. The molecule has 1 aromatic heterocycles. The molecule has 0 fully saturated rings. The molecule has 2 aromatic rings. The lowest BCUT2D eigenvalue weighted by atomic mass is 10.2. The van der Waals surface area contributed by atoms with E-state index in [9.17, 15) is 0 Å². The lowest BCUT2D eigenvalue weighted by Crippen LogP contribution is -2.22. The van der Waals surface area contributed by atoms with Gasteiger partial charge in [0.2, 0.25) is 0 Å². The molecule has 6 heteroatoms. The topological polar surface area (TPSA) is 66.0 Å². The first kappa shape index (κ1) is 12.1. The molecular weight excluding hydrogens is 284 g/mol. The maximum absolute atomic E-state index is 6.03. The van der Waals surface area contributed by atoms with Gasteiger partial charge in [0.1, 0.15) is 12.4 Å². The van der Waals surface area contributed by atoms with Crippen LogP contribution >= 0.6 is 15.9 Å². The molecule has 0 bridgehead atoms. The largest absolute Gasteiger partial charge is 0.492 e. The molecule has 0 spiro atoms. The quantitative estimate of drug-likeness (QED) is 0.932. The number of halogens is 1. The van der Waals surface area contributed by atoms with Crippen molar-refractivity contribution >= 4 is 15.9 Å². The Hall–Kier alpha value is -1.40. The van der Waals surface area contributed by atoms with Gasteiger partial charge in [0.05, 0.1) is 11.7 Å². The standard InChI is InChI=1S/C11H13BrN4O/c1-16-10(11(12)14-15-16)9(13)7-17-8-5-3-2-4-6-8/h2-6,9H,7,13H2,1H3. The molecule has 17 heavy (non-hydrogen) atoms. The minimum Gasteiger partial charge on any atom is -0.492 e. The predicted octanol–water partition coefficient (Wildman–Crippen LogP) is 1.66. The Kier molecular flexibility index (Phi) is 3.75. The molecule has 0 aliphatic heterocycles. The molecule has 0 radical (unpaired) electrons. The van der Waals surface area contributed by atoms with Crippen molar-refractivity contribution in [1.29, 1.82) is 0 Å². The fraction of sp³-hybridized carbons (Fsp3) is 0.273. The fourth-order valence-corrected chi connectivity index (χ4v) is 2.14. The number of aryl methyl sites for hydroxylation is 1. The lowest BCUT2D eigenvalue weighted by Gasteiger charge is -2.13. The van der Waals surface area contributed by atoms with Crippen LogP contribution in [0.25, 0.3) is 0 Å². The fourth-order valence-electron chi connectivity index (χ4n) is 1.51. The Bertz CT molecular complexity index is 466. The number of rotatable bonds is 4. The van der Waals surface area contributed by atoms with Crippen molar-refractivity contribution in [3.8, 4) is 5.75 Å². The maximum Gasteiger partial charge on any atom is 0.153 e. The number of hydrogen-bond acceptors (Lipinski definition) is 4. The summed E-state index contributed by atoms with van der Waals surface area (Å²) in [7, 11) is 1.80. The van der Waals surface area contributed by atoms with Crippen LogP contribution in [-0.2, 0) is 7.05 Å². The summed E-state index contributed by atoms with van der Waals surface area (Å²) in [5, 5.41) is 7.76. The van der Waals surface area contributed by atoms with Gasteiger partial charge in [-0.05, 0) is 28.1 Å². The van der Waals surface area contributed by atoms with Gasteiger partial charge in [-0.3, -0.25) is 0 Å². The van der Waals surface area contributed by atoms with E-state index in [2.05, 4.69) is 26.2 Å². The molecule has 0 aliphatic rings. The Morgan fingerprint density at radius 2 is 2.12 bits per heavy atom. The van der Waals surface area contributed by atoms with Crippen LogP contribution in [0.5, 0.6) is 5.75 Å². The first-order chi connectivity index (χ1) is 8.18. The van der Waals surface area contributed by atoms with Gasteiger partial charge >= 0.3 is 0 Å². The van der Waals surface area contributed by atoms with Crippen LogP contribution < -0.4 is 10.5 Å². The van der Waals surface area contributed by atoms with E-state index in [1.807, 2.05) is 30.3 Å². The molecule has 0 saturated carbocycles. The zero-order valence-electron chi connectivity index (χ0n) is 9.38. The first-order valence-corrected chi connectivity index (χ1v) is 5.96. The van der Waals surface area contributed by atoms with Crippen LogP contribution in [0.15, 0.2) is 34.9 Å². The predicted molar refractivity (Wildman–Crippen MR) is 67.6 cm³/mol. The summed E-state index contributed by atoms with van der Waals surface area (Å²) < 4.78 is 7.89. The maximum atomic E-state index is 6.03. The molecule has 1 unspecified atom stereocenters. The van der Waals surface area contributed by atoms with Crippen molar-refractivity contribution in [1.82, 2.24) is 15.0 Å². The van der Waals surface area contributed by atoms with E-state index < -0.39 is 0 Å². The van der Waals surface area contributed by atoms with Gasteiger partial charge in [0.15, 0.2) is 4.60 Å². The molecule has 2 rings (SSSR count). The second kappa shape index (κ2) is 5.29. The summed E-state index contributed by atoms with van der Waals surface area (Å²) in [5.41, 5.74) is 6.85. The van der Waals surface area contributed by atoms with E-state index in [1.54, 1.807) is 11.7 Å². The third kappa shape index (κ3) is 2.83. The summed E-state index contributed by atoms with van der Waals surface area (Å²) in [6.45, 7) is 0.379. The first-order valence-electron chi connectivity index (χ1n) is 5.17. The van der Waals surface area contributed by atoms with Crippen molar-refractivity contribution in [2.45, 2.75) is 6.04 Å². The van der Waals surface area contributed by atoms with Crippen LogP contribution in [0.4, 0.5) is 0 Å². The van der Waals surface area contributed by atoms with Gasteiger partial charge in [-0.25, -0.2) is 4.68 Å². The minimum atomic E-state index is -0.274. The van der Waals surface area contributed by atoms with Crippen LogP contribution in [0.3, 0.4) is 0 Å². The third-order valence-corrected chi connectivity index (χ3v) is 2.92. The molecular formula is C11H13BrN4O. The molecule has 0 amide bonds. The highest BCUT2D eigenvalue weighted by molar-refractivity contribution is 9.10. The van der Waals surface area contributed by atoms with Crippen LogP contribution in [0.2, 0.25) is 0 Å². The van der Waals surface area contributed by atoms with E-state index in [-0.39, 0.29) is 6.04 Å². The Morgan fingerprint density at radius 1 is 1.41 bits per heavy atom.